The summed E-state index contributed by atoms with van der Waals surface area (Å²) in [4.78, 5) is 35.5. The van der Waals surface area contributed by atoms with E-state index in [-0.39, 0.29) is 22.9 Å². The maximum Gasteiger partial charge on any atom is 0.307 e. The molecule has 7 heteroatoms. The van der Waals surface area contributed by atoms with Crippen molar-refractivity contribution >= 4 is 35.1 Å². The first kappa shape index (κ1) is 16.8. The quantitative estimate of drug-likeness (QED) is 0.760. The molecule has 0 saturated heterocycles. The number of benzene rings is 1. The number of rotatable bonds is 5. The molecule has 6 nitrogen and oxygen atoms in total. The molecule has 0 bridgehead atoms. The molecule has 2 atom stereocenters. The summed E-state index contributed by atoms with van der Waals surface area (Å²) in [5, 5.41) is 14.9. The maximum absolute atomic E-state index is 12.3. The van der Waals surface area contributed by atoms with Gasteiger partial charge in [-0.25, -0.2) is 0 Å². The summed E-state index contributed by atoms with van der Waals surface area (Å²) in [6, 6.07) is 4.89. The molecule has 2 aliphatic rings. The molecule has 1 aromatic carbocycles. The zero-order valence-corrected chi connectivity index (χ0v) is 14.2. The third-order valence-corrected chi connectivity index (χ3v) is 5.08. The predicted octanol–water partition coefficient (Wildman–Crippen LogP) is 2.53. The number of hydrogen-bond acceptors (Lipinski definition) is 3. The van der Waals surface area contributed by atoms with E-state index in [1.54, 1.807) is 26.0 Å². The molecule has 0 radical (unpaired) electrons. The molecule has 2 fully saturated rings. The minimum Gasteiger partial charge on any atom is -0.481 e. The van der Waals surface area contributed by atoms with Crippen molar-refractivity contribution < 1.29 is 19.5 Å². The molecule has 0 spiro atoms. The maximum atomic E-state index is 12.3. The molecule has 1 aromatic rings. The Morgan fingerprint density at radius 1 is 1.21 bits per heavy atom. The standard InChI is InChI=1S/C17H19ClN2O4/c1-17(2)12(13(17)16(23)24)15(22)20-9-5-6-10(11(18)7-9)14(21)19-8-3-4-8/h5-8,12-13H,3-4H2,1-2H3,(H,19,21)(H,20,22)(H,23,24)/t12-,13-/m1/s1. The normalized spacial score (nSPS) is 24.1. The van der Waals surface area contributed by atoms with Crippen LogP contribution in [0.15, 0.2) is 18.2 Å². The van der Waals surface area contributed by atoms with Crippen LogP contribution in [0, 0.1) is 17.3 Å². The van der Waals surface area contributed by atoms with E-state index < -0.39 is 23.2 Å². The Morgan fingerprint density at radius 3 is 2.38 bits per heavy atom. The molecule has 0 unspecified atom stereocenters. The molecule has 2 saturated carbocycles. The van der Waals surface area contributed by atoms with Gasteiger partial charge in [0.2, 0.25) is 5.91 Å². The lowest BCUT2D eigenvalue weighted by atomic mass is 10.1. The Balaban J connectivity index is 1.67. The fourth-order valence-corrected chi connectivity index (χ4v) is 3.34. The Morgan fingerprint density at radius 2 is 1.88 bits per heavy atom. The van der Waals surface area contributed by atoms with Gasteiger partial charge in [-0.15, -0.1) is 0 Å². The number of carbonyl (C=O) groups is 3. The Kier molecular flexibility index (Phi) is 4.03. The number of anilines is 1. The highest BCUT2D eigenvalue weighted by Gasteiger charge is 2.65. The summed E-state index contributed by atoms with van der Waals surface area (Å²) in [6.45, 7) is 3.52. The van der Waals surface area contributed by atoms with Gasteiger partial charge in [-0.3, -0.25) is 14.4 Å². The van der Waals surface area contributed by atoms with Crippen LogP contribution in [0.4, 0.5) is 5.69 Å². The summed E-state index contributed by atoms with van der Waals surface area (Å²) < 4.78 is 0. The Bertz CT molecular complexity index is 727. The van der Waals surface area contributed by atoms with E-state index in [4.69, 9.17) is 16.7 Å². The molecule has 128 valence electrons. The van der Waals surface area contributed by atoms with Gasteiger partial charge in [0, 0.05) is 11.7 Å². The van der Waals surface area contributed by atoms with Gasteiger partial charge in [0.25, 0.3) is 5.91 Å². The zero-order chi connectivity index (χ0) is 17.6. The summed E-state index contributed by atoms with van der Waals surface area (Å²) >= 11 is 6.14. The van der Waals surface area contributed by atoms with Crippen LogP contribution in [0.25, 0.3) is 0 Å². The van der Waals surface area contributed by atoms with E-state index >= 15 is 0 Å². The van der Waals surface area contributed by atoms with Gasteiger partial charge in [0.1, 0.15) is 0 Å². The molecule has 0 heterocycles. The van der Waals surface area contributed by atoms with Crippen molar-refractivity contribution in [1.29, 1.82) is 0 Å². The van der Waals surface area contributed by atoms with Gasteiger partial charge in [-0.2, -0.15) is 0 Å². The van der Waals surface area contributed by atoms with E-state index in [9.17, 15) is 14.4 Å². The number of nitrogens with one attached hydrogen (secondary N) is 2. The predicted molar refractivity (Wildman–Crippen MR) is 89.0 cm³/mol. The van der Waals surface area contributed by atoms with Crippen molar-refractivity contribution in [1.82, 2.24) is 5.32 Å². The van der Waals surface area contributed by atoms with E-state index in [0.29, 0.717) is 11.3 Å². The number of carbonyl (C=O) groups excluding carboxylic acids is 2. The largest absolute Gasteiger partial charge is 0.481 e. The lowest BCUT2D eigenvalue weighted by Crippen LogP contribution is -2.25. The van der Waals surface area contributed by atoms with Crippen molar-refractivity contribution in [3.8, 4) is 0 Å². The highest BCUT2D eigenvalue weighted by Crippen LogP contribution is 2.58. The molecule has 0 aromatic heterocycles. The third-order valence-electron chi connectivity index (χ3n) is 4.77. The van der Waals surface area contributed by atoms with E-state index in [0.717, 1.165) is 12.8 Å². The molecule has 2 amide bonds. The summed E-state index contributed by atoms with van der Waals surface area (Å²) in [6.07, 6.45) is 1.97. The third kappa shape index (κ3) is 3.11. The van der Waals surface area contributed by atoms with E-state index in [1.807, 2.05) is 0 Å². The summed E-state index contributed by atoms with van der Waals surface area (Å²) in [7, 11) is 0. The molecule has 24 heavy (non-hydrogen) atoms. The lowest BCUT2D eigenvalue weighted by Gasteiger charge is -2.09. The lowest BCUT2D eigenvalue weighted by molar-refractivity contribution is -0.140. The molecular weight excluding hydrogens is 332 g/mol. The van der Waals surface area contributed by atoms with Crippen molar-refractivity contribution in [2.45, 2.75) is 32.7 Å². The van der Waals surface area contributed by atoms with Crippen LogP contribution >= 0.6 is 11.6 Å². The van der Waals surface area contributed by atoms with Crippen LogP contribution in [0.1, 0.15) is 37.0 Å². The smallest absolute Gasteiger partial charge is 0.307 e. The first-order valence-corrected chi connectivity index (χ1v) is 8.23. The number of carboxylic acids is 1. The average molecular weight is 351 g/mol. The van der Waals surface area contributed by atoms with Gasteiger partial charge in [0.15, 0.2) is 0 Å². The van der Waals surface area contributed by atoms with E-state index in [2.05, 4.69) is 10.6 Å². The first-order valence-electron chi connectivity index (χ1n) is 7.86. The van der Waals surface area contributed by atoms with Crippen LogP contribution in [0.3, 0.4) is 0 Å². The van der Waals surface area contributed by atoms with Crippen molar-refractivity contribution in [3.05, 3.63) is 28.8 Å². The van der Waals surface area contributed by atoms with Gasteiger partial charge < -0.3 is 15.7 Å². The second-order valence-corrected chi connectivity index (χ2v) is 7.45. The number of halogens is 1. The van der Waals surface area contributed by atoms with Crippen LogP contribution in [0.5, 0.6) is 0 Å². The van der Waals surface area contributed by atoms with Crippen molar-refractivity contribution in [3.63, 3.8) is 0 Å². The minimum atomic E-state index is -0.967. The molecular formula is C17H19ClN2O4. The summed E-state index contributed by atoms with van der Waals surface area (Å²) in [5.74, 6) is -2.80. The number of hydrogen-bond donors (Lipinski definition) is 3. The monoisotopic (exact) mass is 350 g/mol. The highest BCUT2D eigenvalue weighted by atomic mass is 35.5. The van der Waals surface area contributed by atoms with Gasteiger partial charge in [-0.05, 0) is 36.5 Å². The van der Waals surface area contributed by atoms with Gasteiger partial charge in [-0.1, -0.05) is 25.4 Å². The summed E-state index contributed by atoms with van der Waals surface area (Å²) in [5.41, 5.74) is 0.237. The highest BCUT2D eigenvalue weighted by molar-refractivity contribution is 6.34. The molecule has 0 aliphatic heterocycles. The Labute approximate surface area is 144 Å². The Hall–Kier alpha value is -2.08. The number of amides is 2. The van der Waals surface area contributed by atoms with Crippen molar-refractivity contribution in [2.24, 2.45) is 17.3 Å². The fourth-order valence-electron chi connectivity index (χ4n) is 3.08. The van der Waals surface area contributed by atoms with Crippen LogP contribution in [-0.4, -0.2) is 28.9 Å². The molecule has 3 N–H and O–H groups in total. The van der Waals surface area contributed by atoms with E-state index in [1.165, 1.54) is 6.07 Å². The first-order chi connectivity index (χ1) is 11.2. The number of aliphatic carboxylic acids is 1. The topological polar surface area (TPSA) is 95.5 Å². The molecule has 2 aliphatic carbocycles. The second kappa shape index (κ2) is 5.77. The van der Waals surface area contributed by atoms with Crippen molar-refractivity contribution in [2.75, 3.05) is 5.32 Å². The number of carboxylic acid groups (broad SMARTS) is 1. The SMILES string of the molecule is CC1(C)[C@@H](C(=O)O)[C@@H]1C(=O)Nc1ccc(C(=O)NC2CC2)c(Cl)c1. The minimum absolute atomic E-state index is 0.227. The average Bonchev–Trinajstić information content (AvgIpc) is 3.35. The van der Waals surface area contributed by atoms with Gasteiger partial charge in [0.05, 0.1) is 22.4 Å². The fraction of sp³-hybridized carbons (Fsp3) is 0.471. The molecule has 3 rings (SSSR count). The van der Waals surface area contributed by atoms with Crippen LogP contribution in [0.2, 0.25) is 5.02 Å². The zero-order valence-electron chi connectivity index (χ0n) is 13.4. The van der Waals surface area contributed by atoms with Gasteiger partial charge >= 0.3 is 5.97 Å². The van der Waals surface area contributed by atoms with Crippen LogP contribution < -0.4 is 10.6 Å². The second-order valence-electron chi connectivity index (χ2n) is 7.05. The van der Waals surface area contributed by atoms with Crippen LogP contribution in [-0.2, 0) is 9.59 Å².